The highest BCUT2D eigenvalue weighted by molar-refractivity contribution is 5.87. The number of amides is 1. The largest absolute Gasteiger partial charge is 0.508 e. The molecule has 1 heterocycles. The van der Waals surface area contributed by atoms with E-state index in [0.29, 0.717) is 29.7 Å². The molecule has 0 spiro atoms. The molecule has 0 aliphatic carbocycles. The van der Waals surface area contributed by atoms with Gasteiger partial charge in [0.15, 0.2) is 5.76 Å². The maximum Gasteiger partial charge on any atom is 0.414 e. The second kappa shape index (κ2) is 10.9. The van der Waals surface area contributed by atoms with Crippen LogP contribution >= 0.6 is 0 Å². The summed E-state index contributed by atoms with van der Waals surface area (Å²) >= 11 is 0. The molecule has 1 aromatic heterocycles. The Morgan fingerprint density at radius 2 is 1.76 bits per heavy atom. The Morgan fingerprint density at radius 1 is 1.06 bits per heavy atom. The van der Waals surface area contributed by atoms with Gasteiger partial charge >= 0.3 is 6.09 Å². The Balaban J connectivity index is 2.08. The first kappa shape index (κ1) is 24.1. The number of aromatic hydroxyl groups is 2. The fourth-order valence-electron chi connectivity index (χ4n) is 3.62. The normalized spacial score (nSPS) is 11.1. The summed E-state index contributed by atoms with van der Waals surface area (Å²) in [5.41, 5.74) is 3.31. The van der Waals surface area contributed by atoms with Crippen LogP contribution in [-0.4, -0.2) is 46.0 Å². The molecule has 33 heavy (non-hydrogen) atoms. The quantitative estimate of drug-likeness (QED) is 0.421. The maximum atomic E-state index is 12.1. The Hall–Kier alpha value is -3.52. The lowest BCUT2D eigenvalue weighted by molar-refractivity contribution is 0.196. The zero-order valence-electron chi connectivity index (χ0n) is 19.5. The van der Waals surface area contributed by atoms with Gasteiger partial charge in [-0.1, -0.05) is 45.0 Å². The van der Waals surface area contributed by atoms with E-state index in [0.717, 1.165) is 30.8 Å². The van der Waals surface area contributed by atoms with E-state index in [2.05, 4.69) is 29.2 Å². The Kier molecular flexibility index (Phi) is 7.95. The summed E-state index contributed by atoms with van der Waals surface area (Å²) in [4.78, 5) is 14.4. The number of aromatic nitrogens is 1. The molecule has 0 fully saturated rings. The number of hydrogen-bond acceptors (Lipinski definition) is 7. The lowest BCUT2D eigenvalue weighted by atomic mass is 9.98. The molecule has 0 aliphatic rings. The van der Waals surface area contributed by atoms with E-state index in [9.17, 15) is 15.0 Å². The number of hydrogen-bond donors (Lipinski definition) is 3. The van der Waals surface area contributed by atoms with E-state index in [1.54, 1.807) is 13.0 Å². The van der Waals surface area contributed by atoms with Crippen molar-refractivity contribution in [2.45, 2.75) is 40.7 Å². The summed E-state index contributed by atoms with van der Waals surface area (Å²) in [6.45, 7) is 11.1. The molecule has 3 aromatic rings. The van der Waals surface area contributed by atoms with Gasteiger partial charge < -0.3 is 24.8 Å². The maximum absolute atomic E-state index is 12.1. The van der Waals surface area contributed by atoms with Crippen LogP contribution < -0.4 is 10.1 Å². The van der Waals surface area contributed by atoms with E-state index < -0.39 is 6.09 Å². The van der Waals surface area contributed by atoms with Crippen molar-refractivity contribution in [1.29, 1.82) is 0 Å². The molecule has 0 aliphatic heterocycles. The number of rotatable bonds is 9. The lowest BCUT2D eigenvalue weighted by Gasteiger charge is -2.18. The topological polar surface area (TPSA) is 108 Å². The van der Waals surface area contributed by atoms with E-state index in [1.165, 1.54) is 6.07 Å². The molecule has 1 amide bonds. The molecular weight excluding hydrogens is 422 g/mol. The molecule has 0 atom stereocenters. The third kappa shape index (κ3) is 5.46. The van der Waals surface area contributed by atoms with E-state index >= 15 is 0 Å². The number of ether oxygens (including phenoxy) is 1. The molecule has 3 rings (SSSR count). The first-order valence-corrected chi connectivity index (χ1v) is 11.2. The van der Waals surface area contributed by atoms with Gasteiger partial charge in [-0.25, -0.2) is 4.79 Å². The Morgan fingerprint density at radius 3 is 2.36 bits per heavy atom. The van der Waals surface area contributed by atoms with Gasteiger partial charge in [0, 0.05) is 19.2 Å². The minimum absolute atomic E-state index is 0.000585. The van der Waals surface area contributed by atoms with Crippen LogP contribution in [0.15, 0.2) is 40.9 Å². The second-order valence-electron chi connectivity index (χ2n) is 7.62. The van der Waals surface area contributed by atoms with Gasteiger partial charge in [-0.05, 0) is 54.3 Å². The van der Waals surface area contributed by atoms with Crippen molar-refractivity contribution in [3.63, 3.8) is 0 Å². The third-order valence-corrected chi connectivity index (χ3v) is 5.54. The summed E-state index contributed by atoms with van der Waals surface area (Å²) in [5, 5.41) is 27.2. The zero-order valence-corrected chi connectivity index (χ0v) is 19.5. The highest BCUT2D eigenvalue weighted by atomic mass is 16.6. The van der Waals surface area contributed by atoms with Crippen molar-refractivity contribution >= 4 is 6.09 Å². The molecule has 0 saturated heterocycles. The minimum Gasteiger partial charge on any atom is -0.508 e. The molecule has 176 valence electrons. The zero-order chi connectivity index (χ0) is 24.0. The Bertz CT molecular complexity index is 1090. The summed E-state index contributed by atoms with van der Waals surface area (Å²) in [7, 11) is 0. The van der Waals surface area contributed by atoms with E-state index in [4.69, 9.17) is 9.26 Å². The predicted molar refractivity (Wildman–Crippen MR) is 126 cm³/mol. The smallest absolute Gasteiger partial charge is 0.414 e. The fourth-order valence-corrected chi connectivity index (χ4v) is 3.62. The van der Waals surface area contributed by atoms with Gasteiger partial charge in [0.25, 0.3) is 5.88 Å². The van der Waals surface area contributed by atoms with Crippen molar-refractivity contribution in [2.24, 2.45) is 0 Å². The fraction of sp³-hybridized carbons (Fsp3) is 0.360. The number of carbonyl (C=O) groups is 1. The molecule has 2 aromatic carbocycles. The van der Waals surface area contributed by atoms with Crippen molar-refractivity contribution in [2.75, 3.05) is 19.6 Å². The minimum atomic E-state index is -0.652. The second-order valence-corrected chi connectivity index (χ2v) is 7.62. The number of benzene rings is 2. The van der Waals surface area contributed by atoms with Crippen LogP contribution in [0.25, 0.3) is 22.5 Å². The first-order valence-electron chi connectivity index (χ1n) is 11.2. The van der Waals surface area contributed by atoms with Gasteiger partial charge in [-0.2, -0.15) is 0 Å². The SMILES string of the molecule is CCNC(=O)Oc1noc(-c2cc(CC)c(O)cc2O)c1-c1ccc(CN(CC)CC)cc1. The van der Waals surface area contributed by atoms with Crippen LogP contribution in [0.4, 0.5) is 4.79 Å². The summed E-state index contributed by atoms with van der Waals surface area (Å²) < 4.78 is 11.0. The van der Waals surface area contributed by atoms with Gasteiger partial charge in [-0.15, -0.1) is 0 Å². The number of phenols is 2. The molecule has 0 saturated carbocycles. The van der Waals surface area contributed by atoms with E-state index in [1.807, 2.05) is 31.2 Å². The highest BCUT2D eigenvalue weighted by Crippen LogP contribution is 2.44. The van der Waals surface area contributed by atoms with Gasteiger partial charge in [-0.3, -0.25) is 4.90 Å². The number of nitrogens with zero attached hydrogens (tertiary/aromatic N) is 2. The lowest BCUT2D eigenvalue weighted by Crippen LogP contribution is -2.26. The van der Waals surface area contributed by atoms with Crippen molar-refractivity contribution in [1.82, 2.24) is 15.4 Å². The van der Waals surface area contributed by atoms with Crippen molar-refractivity contribution < 1.29 is 24.3 Å². The van der Waals surface area contributed by atoms with Crippen LogP contribution in [0.5, 0.6) is 17.4 Å². The number of carbonyl (C=O) groups excluding carboxylic acids is 1. The molecule has 0 unspecified atom stereocenters. The molecule has 0 bridgehead atoms. The van der Waals surface area contributed by atoms with Crippen LogP contribution in [0.2, 0.25) is 0 Å². The molecular formula is C25H31N3O5. The van der Waals surface area contributed by atoms with Crippen LogP contribution in [0.3, 0.4) is 0 Å². The average Bonchev–Trinajstić information content (AvgIpc) is 3.21. The van der Waals surface area contributed by atoms with Crippen molar-refractivity contribution in [3.8, 4) is 39.8 Å². The Labute approximate surface area is 193 Å². The highest BCUT2D eigenvalue weighted by Gasteiger charge is 2.25. The summed E-state index contributed by atoms with van der Waals surface area (Å²) in [6, 6.07) is 10.8. The van der Waals surface area contributed by atoms with Crippen molar-refractivity contribution in [3.05, 3.63) is 47.5 Å². The van der Waals surface area contributed by atoms with Crippen LogP contribution in [0.1, 0.15) is 38.8 Å². The standard InChI is InChI=1S/C25H31N3O5/c1-5-17-13-19(21(30)14-20(17)29)23-22(24(27-33-23)32-25(31)26-6-2)18-11-9-16(10-12-18)15-28(7-3)8-4/h9-14,29-30H,5-8,15H2,1-4H3,(H,26,31). The van der Waals surface area contributed by atoms with Gasteiger partial charge in [0.1, 0.15) is 11.5 Å². The summed E-state index contributed by atoms with van der Waals surface area (Å²) in [5.74, 6) is 0.0835. The molecule has 8 heteroatoms. The van der Waals surface area contributed by atoms with Crippen LogP contribution in [0, 0.1) is 0 Å². The third-order valence-electron chi connectivity index (χ3n) is 5.54. The molecule has 8 nitrogen and oxygen atoms in total. The number of nitrogens with one attached hydrogen (secondary N) is 1. The van der Waals surface area contributed by atoms with Crippen LogP contribution in [-0.2, 0) is 13.0 Å². The van der Waals surface area contributed by atoms with Gasteiger partial charge in [0.05, 0.1) is 11.1 Å². The number of aryl methyl sites for hydroxylation is 1. The predicted octanol–water partition coefficient (Wildman–Crippen LogP) is 4.93. The molecule has 0 radical (unpaired) electrons. The number of phenolic OH excluding ortho intramolecular Hbond substituents is 2. The first-order chi connectivity index (χ1) is 15.9. The van der Waals surface area contributed by atoms with Gasteiger partial charge in [0.2, 0.25) is 0 Å². The average molecular weight is 454 g/mol. The summed E-state index contributed by atoms with van der Waals surface area (Å²) in [6.07, 6.45) is -0.0915. The monoisotopic (exact) mass is 453 g/mol. The molecule has 3 N–H and O–H groups in total. The van der Waals surface area contributed by atoms with E-state index in [-0.39, 0.29) is 23.1 Å².